The van der Waals surface area contributed by atoms with Crippen molar-refractivity contribution in [2.24, 2.45) is 0 Å². The first-order valence-corrected chi connectivity index (χ1v) is 4.64. The predicted octanol–water partition coefficient (Wildman–Crippen LogP) is 1.35. The second-order valence-electron chi connectivity index (χ2n) is 3.19. The van der Waals surface area contributed by atoms with Crippen molar-refractivity contribution < 1.29 is 5.11 Å². The van der Waals surface area contributed by atoms with Gasteiger partial charge in [-0.15, -0.1) is 0 Å². The molecule has 1 aliphatic rings. The van der Waals surface area contributed by atoms with Gasteiger partial charge in [0.15, 0.2) is 0 Å². The number of β-amino-alcohol motifs (C(OH)–C–C–N with tert-alkyl or cyclic N) is 1. The number of hydrogen-bond acceptors (Lipinski definition) is 2. The van der Waals surface area contributed by atoms with E-state index < -0.39 is 0 Å². The van der Waals surface area contributed by atoms with Gasteiger partial charge in [0.2, 0.25) is 0 Å². The number of likely N-dealkylation sites (tertiary alicyclic amines) is 1. The molecule has 1 aliphatic heterocycles. The normalized spacial score (nSPS) is 32.6. The molecule has 0 radical (unpaired) electrons. The summed E-state index contributed by atoms with van der Waals surface area (Å²) in [5, 5.41) is 9.30. The molecule has 2 nitrogen and oxygen atoms in total. The highest BCUT2D eigenvalue weighted by atomic mass is 79.9. The first-order chi connectivity index (χ1) is 5.09. The molecule has 1 saturated heterocycles. The maximum absolute atomic E-state index is 9.30. The number of nitrogens with zero attached hydrogens (tertiary/aromatic N) is 1. The van der Waals surface area contributed by atoms with Gasteiger partial charge in [0.1, 0.15) is 0 Å². The fraction of sp³-hybridized carbons (Fsp3) is 0.750. The lowest BCUT2D eigenvalue weighted by atomic mass is 10.2. The van der Waals surface area contributed by atoms with Crippen molar-refractivity contribution in [2.75, 3.05) is 13.1 Å². The van der Waals surface area contributed by atoms with Gasteiger partial charge in [-0.2, -0.15) is 0 Å². The van der Waals surface area contributed by atoms with E-state index in [0.717, 1.165) is 24.0 Å². The third-order valence-corrected chi connectivity index (χ3v) is 2.31. The lowest BCUT2D eigenvalue weighted by Gasteiger charge is -2.19. The van der Waals surface area contributed by atoms with Gasteiger partial charge in [-0.3, -0.25) is 4.90 Å². The Morgan fingerprint density at radius 3 is 2.82 bits per heavy atom. The van der Waals surface area contributed by atoms with Gasteiger partial charge < -0.3 is 5.11 Å². The van der Waals surface area contributed by atoms with Crippen LogP contribution in [0.4, 0.5) is 0 Å². The summed E-state index contributed by atoms with van der Waals surface area (Å²) in [6.45, 7) is 7.53. The van der Waals surface area contributed by atoms with E-state index >= 15 is 0 Å². The first-order valence-electron chi connectivity index (χ1n) is 3.85. The van der Waals surface area contributed by atoms with E-state index in [1.807, 2.05) is 0 Å². The van der Waals surface area contributed by atoms with Crippen LogP contribution in [0.5, 0.6) is 0 Å². The molecule has 0 aromatic carbocycles. The van der Waals surface area contributed by atoms with E-state index in [1.165, 1.54) is 0 Å². The highest BCUT2D eigenvalue weighted by molar-refractivity contribution is 9.11. The Bertz CT molecular complexity index is 160. The summed E-state index contributed by atoms with van der Waals surface area (Å²) in [5.74, 6) is 0. The summed E-state index contributed by atoms with van der Waals surface area (Å²) >= 11 is 3.31. The molecule has 0 bridgehead atoms. The Kier molecular flexibility index (Phi) is 3.10. The molecule has 0 spiro atoms. The molecule has 0 aliphatic carbocycles. The quantitative estimate of drug-likeness (QED) is 0.759. The van der Waals surface area contributed by atoms with E-state index in [9.17, 15) is 5.11 Å². The van der Waals surface area contributed by atoms with Crippen LogP contribution in [0.2, 0.25) is 0 Å². The minimum atomic E-state index is -0.142. The van der Waals surface area contributed by atoms with Gasteiger partial charge in [0.25, 0.3) is 0 Å². The van der Waals surface area contributed by atoms with Crippen molar-refractivity contribution in [1.29, 1.82) is 0 Å². The van der Waals surface area contributed by atoms with Gasteiger partial charge >= 0.3 is 0 Å². The Balaban J connectivity index is 2.40. The minimum absolute atomic E-state index is 0.142. The molecule has 64 valence electrons. The topological polar surface area (TPSA) is 23.5 Å². The Hall–Kier alpha value is 0.140. The maximum atomic E-state index is 9.30. The van der Waals surface area contributed by atoms with Crippen LogP contribution in [0.3, 0.4) is 0 Å². The summed E-state index contributed by atoms with van der Waals surface area (Å²) in [6.07, 6.45) is 0.747. The van der Waals surface area contributed by atoms with Crippen molar-refractivity contribution in [1.82, 2.24) is 4.90 Å². The molecule has 2 atom stereocenters. The SMILES string of the molecule is C=C(Br)CN1CC(O)CC1C. The maximum Gasteiger partial charge on any atom is 0.0682 e. The Morgan fingerprint density at radius 2 is 2.45 bits per heavy atom. The van der Waals surface area contributed by atoms with Crippen LogP contribution in [0, 0.1) is 0 Å². The zero-order valence-electron chi connectivity index (χ0n) is 6.76. The van der Waals surface area contributed by atoms with Gasteiger partial charge in [-0.05, 0) is 13.3 Å². The minimum Gasteiger partial charge on any atom is -0.392 e. The van der Waals surface area contributed by atoms with Crippen LogP contribution in [0.25, 0.3) is 0 Å². The number of rotatable bonds is 2. The van der Waals surface area contributed by atoms with Crippen LogP contribution >= 0.6 is 15.9 Å². The van der Waals surface area contributed by atoms with E-state index in [-0.39, 0.29) is 6.10 Å². The molecule has 0 saturated carbocycles. The number of aliphatic hydroxyl groups is 1. The van der Waals surface area contributed by atoms with E-state index in [4.69, 9.17) is 0 Å². The van der Waals surface area contributed by atoms with E-state index in [1.54, 1.807) is 0 Å². The molecule has 0 aromatic heterocycles. The van der Waals surface area contributed by atoms with E-state index in [2.05, 4.69) is 34.3 Å². The average molecular weight is 220 g/mol. The van der Waals surface area contributed by atoms with Crippen LogP contribution in [-0.4, -0.2) is 35.2 Å². The predicted molar refractivity (Wildman–Crippen MR) is 49.7 cm³/mol. The van der Waals surface area contributed by atoms with Crippen LogP contribution < -0.4 is 0 Å². The molecule has 0 amide bonds. The van der Waals surface area contributed by atoms with Crippen LogP contribution in [0.1, 0.15) is 13.3 Å². The van der Waals surface area contributed by atoms with E-state index in [0.29, 0.717) is 6.04 Å². The average Bonchev–Trinajstić information content (AvgIpc) is 2.09. The van der Waals surface area contributed by atoms with Crippen LogP contribution in [0.15, 0.2) is 11.1 Å². The smallest absolute Gasteiger partial charge is 0.0682 e. The van der Waals surface area contributed by atoms with Gasteiger partial charge in [0.05, 0.1) is 6.10 Å². The summed E-state index contributed by atoms with van der Waals surface area (Å²) < 4.78 is 0.985. The molecule has 1 rings (SSSR count). The number of halogens is 1. The Morgan fingerprint density at radius 1 is 1.82 bits per heavy atom. The summed E-state index contributed by atoms with van der Waals surface area (Å²) in [5.41, 5.74) is 0. The summed E-state index contributed by atoms with van der Waals surface area (Å²) in [4.78, 5) is 2.22. The van der Waals surface area contributed by atoms with Crippen molar-refractivity contribution in [2.45, 2.75) is 25.5 Å². The summed E-state index contributed by atoms with van der Waals surface area (Å²) in [7, 11) is 0. The zero-order valence-corrected chi connectivity index (χ0v) is 8.34. The van der Waals surface area contributed by atoms with Crippen LogP contribution in [-0.2, 0) is 0 Å². The lowest BCUT2D eigenvalue weighted by Crippen LogP contribution is -2.28. The molecule has 1 fully saturated rings. The van der Waals surface area contributed by atoms with Gasteiger partial charge in [-0.25, -0.2) is 0 Å². The highest BCUT2D eigenvalue weighted by Crippen LogP contribution is 2.19. The monoisotopic (exact) mass is 219 g/mol. The molecule has 2 unspecified atom stereocenters. The largest absolute Gasteiger partial charge is 0.392 e. The molecule has 1 heterocycles. The molecule has 1 N–H and O–H groups in total. The molecular weight excluding hydrogens is 206 g/mol. The third-order valence-electron chi connectivity index (χ3n) is 2.06. The standard InChI is InChI=1S/C8H14BrNO/c1-6(9)4-10-5-8(11)3-7(10)2/h7-8,11H,1,3-5H2,2H3. The van der Waals surface area contributed by atoms with Gasteiger partial charge in [0, 0.05) is 23.6 Å². The fourth-order valence-electron chi connectivity index (χ4n) is 1.51. The van der Waals surface area contributed by atoms with Crippen molar-refractivity contribution in [3.63, 3.8) is 0 Å². The molecular formula is C8H14BrNO. The van der Waals surface area contributed by atoms with Crippen molar-refractivity contribution >= 4 is 15.9 Å². The first kappa shape index (κ1) is 9.23. The lowest BCUT2D eigenvalue weighted by molar-refractivity contribution is 0.179. The molecule has 3 heteroatoms. The number of hydrogen-bond donors (Lipinski definition) is 1. The van der Waals surface area contributed by atoms with Gasteiger partial charge in [-0.1, -0.05) is 22.5 Å². The van der Waals surface area contributed by atoms with Crippen molar-refractivity contribution in [3.8, 4) is 0 Å². The second kappa shape index (κ2) is 3.70. The Labute approximate surface area is 76.0 Å². The zero-order chi connectivity index (χ0) is 8.43. The summed E-state index contributed by atoms with van der Waals surface area (Å²) in [6, 6.07) is 0.485. The number of aliphatic hydroxyl groups excluding tert-OH is 1. The molecule has 11 heavy (non-hydrogen) atoms. The third kappa shape index (κ3) is 2.58. The van der Waals surface area contributed by atoms with Crippen molar-refractivity contribution in [3.05, 3.63) is 11.1 Å². The molecule has 0 aromatic rings. The fourth-order valence-corrected chi connectivity index (χ4v) is 1.83. The highest BCUT2D eigenvalue weighted by Gasteiger charge is 2.26. The second-order valence-corrected chi connectivity index (χ2v) is 4.31.